The van der Waals surface area contributed by atoms with Gasteiger partial charge in [0.1, 0.15) is 0 Å². The average molecular weight is 367 g/mol. The highest BCUT2D eigenvalue weighted by Crippen LogP contribution is 2.42. The van der Waals surface area contributed by atoms with Gasteiger partial charge in [0.05, 0.1) is 11.4 Å². The van der Waals surface area contributed by atoms with Crippen LogP contribution in [0.3, 0.4) is 0 Å². The molecule has 1 amide bonds. The Morgan fingerprint density at radius 1 is 1.38 bits per heavy atom. The maximum atomic E-state index is 12.7. The molecule has 0 saturated heterocycles. The third kappa shape index (κ3) is 3.30. The molecular weight excluding hydrogens is 346 g/mol. The van der Waals surface area contributed by atoms with E-state index in [1.54, 1.807) is 0 Å². The number of fused-ring (bicyclic) bond motifs is 3. The summed E-state index contributed by atoms with van der Waals surface area (Å²) in [6, 6.07) is 5.57. The first kappa shape index (κ1) is 17.3. The van der Waals surface area contributed by atoms with Gasteiger partial charge < -0.3 is 9.80 Å². The van der Waals surface area contributed by atoms with Crippen molar-refractivity contribution in [3.63, 3.8) is 0 Å². The molecule has 1 aromatic carbocycles. The highest BCUT2D eigenvalue weighted by molar-refractivity contribution is 8.15. The lowest BCUT2D eigenvalue weighted by molar-refractivity contribution is 0.0762. The summed E-state index contributed by atoms with van der Waals surface area (Å²) in [5.41, 5.74) is 1.57. The fourth-order valence-electron chi connectivity index (χ4n) is 2.80. The molecule has 0 N–H and O–H groups in total. The van der Waals surface area contributed by atoms with E-state index < -0.39 is 10.0 Å². The minimum absolute atomic E-state index is 0.0220. The number of nitrogens with zero attached hydrogens (tertiary/aromatic N) is 3. The van der Waals surface area contributed by atoms with E-state index in [-0.39, 0.29) is 11.7 Å². The van der Waals surface area contributed by atoms with Crippen LogP contribution in [-0.4, -0.2) is 49.8 Å². The van der Waals surface area contributed by atoms with Crippen LogP contribution in [0.2, 0.25) is 0 Å². The van der Waals surface area contributed by atoms with Crippen LogP contribution in [0.5, 0.6) is 0 Å². The number of sulfonamides is 1. The van der Waals surface area contributed by atoms with Gasteiger partial charge in [-0.25, -0.2) is 8.42 Å². The van der Waals surface area contributed by atoms with Crippen LogP contribution in [0.1, 0.15) is 37.0 Å². The van der Waals surface area contributed by atoms with Gasteiger partial charge in [0.15, 0.2) is 5.17 Å². The van der Waals surface area contributed by atoms with Crippen LogP contribution in [0.4, 0.5) is 5.69 Å². The van der Waals surface area contributed by atoms with E-state index in [0.717, 1.165) is 30.0 Å². The van der Waals surface area contributed by atoms with Crippen molar-refractivity contribution in [1.29, 1.82) is 0 Å². The Morgan fingerprint density at radius 2 is 2.17 bits per heavy atom. The lowest BCUT2D eigenvalue weighted by Crippen LogP contribution is -2.35. The smallest absolute Gasteiger partial charge is 0.257 e. The van der Waals surface area contributed by atoms with Crippen LogP contribution < -0.4 is 4.90 Å². The zero-order valence-electron chi connectivity index (χ0n) is 13.9. The molecule has 6 nitrogen and oxygen atoms in total. The first-order valence-electron chi connectivity index (χ1n) is 8.16. The number of rotatable bonds is 5. The van der Waals surface area contributed by atoms with Gasteiger partial charge in [-0.1, -0.05) is 13.3 Å². The zero-order valence-corrected chi connectivity index (χ0v) is 15.5. The van der Waals surface area contributed by atoms with Crippen LogP contribution >= 0.6 is 11.8 Å². The summed E-state index contributed by atoms with van der Waals surface area (Å²) in [6.45, 7) is 5.93. The number of amides is 1. The van der Waals surface area contributed by atoms with Crippen LogP contribution in [0, 0.1) is 0 Å². The van der Waals surface area contributed by atoms with Crippen molar-refractivity contribution in [2.75, 3.05) is 30.3 Å². The van der Waals surface area contributed by atoms with E-state index in [4.69, 9.17) is 0 Å². The third-order valence-electron chi connectivity index (χ3n) is 4.17. The molecule has 1 aromatic rings. The first-order chi connectivity index (χ1) is 11.4. The Kier molecular flexibility index (Phi) is 4.87. The lowest BCUT2D eigenvalue weighted by atomic mass is 10.1. The molecule has 0 fully saturated rings. The highest BCUT2D eigenvalue weighted by atomic mass is 32.2. The maximum Gasteiger partial charge on any atom is 0.257 e. The number of anilines is 1. The van der Waals surface area contributed by atoms with Gasteiger partial charge in [-0.05, 0) is 43.3 Å². The van der Waals surface area contributed by atoms with Crippen LogP contribution in [0.15, 0.2) is 27.5 Å². The average Bonchev–Trinajstić information content (AvgIpc) is 2.90. The van der Waals surface area contributed by atoms with Crippen molar-refractivity contribution < 1.29 is 13.2 Å². The molecule has 3 rings (SSSR count). The summed E-state index contributed by atoms with van der Waals surface area (Å²) in [7, 11) is -3.36. The standard InChI is InChI=1S/C16H21N3O3S2/c1-3-5-8-18(4-2)15(20)12-6-7-13-14(11-12)23-16-17-24(21,22)10-9-19(13)16/h6-7,11H,3-5,8-10H2,1-2H3. The summed E-state index contributed by atoms with van der Waals surface area (Å²) >= 11 is 1.32. The monoisotopic (exact) mass is 367 g/mol. The quantitative estimate of drug-likeness (QED) is 0.800. The minimum Gasteiger partial charge on any atom is -0.339 e. The normalized spacial score (nSPS) is 17.9. The van der Waals surface area contributed by atoms with Gasteiger partial charge >= 0.3 is 0 Å². The van der Waals surface area contributed by atoms with E-state index in [0.29, 0.717) is 23.8 Å². The van der Waals surface area contributed by atoms with Gasteiger partial charge in [0.25, 0.3) is 15.9 Å². The first-order valence-corrected chi connectivity index (χ1v) is 10.6. The van der Waals surface area contributed by atoms with E-state index >= 15 is 0 Å². The van der Waals surface area contributed by atoms with E-state index in [1.165, 1.54) is 11.8 Å². The molecule has 24 heavy (non-hydrogen) atoms. The van der Waals surface area contributed by atoms with Crippen LogP contribution in [0.25, 0.3) is 0 Å². The molecule has 0 saturated carbocycles. The SMILES string of the molecule is CCCCN(CC)C(=O)c1ccc2c(c1)SC1=NS(=O)(=O)CCN12. The van der Waals surface area contributed by atoms with Gasteiger partial charge in [-0.2, -0.15) is 0 Å². The molecule has 0 bridgehead atoms. The second-order valence-electron chi connectivity index (χ2n) is 5.83. The van der Waals surface area contributed by atoms with E-state index in [9.17, 15) is 13.2 Å². The van der Waals surface area contributed by atoms with E-state index in [1.807, 2.05) is 34.9 Å². The summed E-state index contributed by atoms with van der Waals surface area (Å²) in [5.74, 6) is 0.0476. The number of carbonyl (C=O) groups is 1. The molecule has 8 heteroatoms. The van der Waals surface area contributed by atoms with Gasteiger partial charge in [-0.15, -0.1) is 4.40 Å². The number of unbranched alkanes of at least 4 members (excludes halogenated alkanes) is 1. The van der Waals surface area contributed by atoms with Crippen molar-refractivity contribution >= 4 is 38.5 Å². The number of hydrogen-bond acceptors (Lipinski definition) is 5. The van der Waals surface area contributed by atoms with Crippen molar-refractivity contribution in [2.24, 2.45) is 4.40 Å². The van der Waals surface area contributed by atoms with Gasteiger partial charge in [0.2, 0.25) is 0 Å². The Hall–Kier alpha value is -1.54. The number of amidine groups is 1. The van der Waals surface area contributed by atoms with Crippen LogP contribution in [-0.2, 0) is 10.0 Å². The Bertz CT molecular complexity index is 790. The Morgan fingerprint density at radius 3 is 2.88 bits per heavy atom. The van der Waals surface area contributed by atoms with Crippen molar-refractivity contribution in [1.82, 2.24) is 4.90 Å². The topological polar surface area (TPSA) is 70.0 Å². The second-order valence-corrected chi connectivity index (χ2v) is 8.60. The van der Waals surface area contributed by atoms with Gasteiger partial charge in [0, 0.05) is 30.1 Å². The molecule has 2 aliphatic heterocycles. The molecule has 0 aliphatic carbocycles. The fraction of sp³-hybridized carbons (Fsp3) is 0.500. The van der Waals surface area contributed by atoms with Crippen molar-refractivity contribution in [2.45, 2.75) is 31.6 Å². The summed E-state index contributed by atoms with van der Waals surface area (Å²) in [4.78, 5) is 17.3. The predicted molar refractivity (Wildman–Crippen MR) is 97.4 cm³/mol. The lowest BCUT2D eigenvalue weighted by Gasteiger charge is -2.23. The summed E-state index contributed by atoms with van der Waals surface area (Å²) in [6.07, 6.45) is 2.04. The summed E-state index contributed by atoms with van der Waals surface area (Å²) in [5, 5.41) is 0.485. The highest BCUT2D eigenvalue weighted by Gasteiger charge is 2.33. The Balaban J connectivity index is 1.86. The molecule has 0 radical (unpaired) electrons. The minimum atomic E-state index is -3.36. The third-order valence-corrected chi connectivity index (χ3v) is 6.48. The molecule has 0 aromatic heterocycles. The molecule has 0 unspecified atom stereocenters. The maximum absolute atomic E-state index is 12.7. The Labute approximate surface area is 147 Å². The second kappa shape index (κ2) is 6.76. The molecule has 2 heterocycles. The number of thioether (sulfide) groups is 1. The number of benzene rings is 1. The fourth-order valence-corrected chi connectivity index (χ4v) is 5.09. The predicted octanol–water partition coefficient (Wildman–Crippen LogP) is 2.56. The zero-order chi connectivity index (χ0) is 17.3. The van der Waals surface area contributed by atoms with E-state index in [2.05, 4.69) is 11.3 Å². The summed E-state index contributed by atoms with van der Waals surface area (Å²) < 4.78 is 27.2. The largest absolute Gasteiger partial charge is 0.339 e. The van der Waals surface area contributed by atoms with Gasteiger partial charge in [-0.3, -0.25) is 4.79 Å². The molecule has 0 atom stereocenters. The molecule has 0 spiro atoms. The molecule has 2 aliphatic rings. The number of carbonyl (C=O) groups excluding carboxylic acids is 1. The number of hydrogen-bond donors (Lipinski definition) is 0. The molecular formula is C16H21N3O3S2. The molecule has 130 valence electrons. The van der Waals surface area contributed by atoms with Crippen molar-refractivity contribution in [3.8, 4) is 0 Å². The van der Waals surface area contributed by atoms with Crippen molar-refractivity contribution in [3.05, 3.63) is 23.8 Å².